The summed E-state index contributed by atoms with van der Waals surface area (Å²) >= 11 is 1.91. The highest BCUT2D eigenvalue weighted by atomic mass is 32.2. The third-order valence-corrected chi connectivity index (χ3v) is 4.30. The maximum Gasteiger partial charge on any atom is 0.0438 e. The maximum absolute atomic E-state index is 8.65. The minimum atomic E-state index is 0.313. The van der Waals surface area contributed by atoms with Crippen LogP contribution in [0.5, 0.6) is 0 Å². The van der Waals surface area contributed by atoms with Gasteiger partial charge in [-0.1, -0.05) is 24.3 Å². The van der Waals surface area contributed by atoms with Gasteiger partial charge in [-0.15, -0.1) is 0 Å². The summed E-state index contributed by atoms with van der Waals surface area (Å²) in [6.45, 7) is 2.32. The van der Waals surface area contributed by atoms with Gasteiger partial charge in [0.1, 0.15) is 0 Å². The number of hydrogen-bond acceptors (Lipinski definition) is 3. The van der Waals surface area contributed by atoms with Crippen LogP contribution >= 0.6 is 11.8 Å². The number of hydrogen-bond donors (Lipinski definition) is 2. The molecule has 0 amide bonds. The van der Waals surface area contributed by atoms with Crippen molar-refractivity contribution in [3.8, 4) is 0 Å². The number of aliphatic hydroxyl groups excluding tert-OH is 1. The van der Waals surface area contributed by atoms with Crippen molar-refractivity contribution in [2.24, 2.45) is 0 Å². The molecule has 0 aromatic heterocycles. The van der Waals surface area contributed by atoms with E-state index >= 15 is 0 Å². The predicted molar refractivity (Wildman–Crippen MR) is 79.2 cm³/mol. The van der Waals surface area contributed by atoms with Gasteiger partial charge in [-0.2, -0.15) is 11.8 Å². The van der Waals surface area contributed by atoms with Gasteiger partial charge >= 0.3 is 0 Å². The van der Waals surface area contributed by atoms with Crippen LogP contribution in [0.4, 0.5) is 0 Å². The van der Waals surface area contributed by atoms with E-state index in [9.17, 15) is 0 Å². The Morgan fingerprint density at radius 2 is 1.94 bits per heavy atom. The first kappa shape index (κ1) is 13.9. The van der Waals surface area contributed by atoms with Crippen molar-refractivity contribution in [2.45, 2.75) is 31.7 Å². The van der Waals surface area contributed by atoms with E-state index in [2.05, 4.69) is 29.6 Å². The van der Waals surface area contributed by atoms with Gasteiger partial charge in [-0.3, -0.25) is 0 Å². The van der Waals surface area contributed by atoms with Crippen molar-refractivity contribution in [3.63, 3.8) is 0 Å². The average molecular weight is 265 g/mol. The monoisotopic (exact) mass is 265 g/mol. The number of rotatable bonds is 9. The molecule has 0 atom stereocenters. The van der Waals surface area contributed by atoms with Crippen molar-refractivity contribution in [1.82, 2.24) is 5.32 Å². The molecule has 0 aliphatic heterocycles. The zero-order chi connectivity index (χ0) is 12.6. The zero-order valence-corrected chi connectivity index (χ0v) is 11.7. The topological polar surface area (TPSA) is 32.3 Å². The van der Waals surface area contributed by atoms with Crippen molar-refractivity contribution in [2.75, 3.05) is 24.7 Å². The minimum absolute atomic E-state index is 0.313. The fourth-order valence-electron chi connectivity index (χ4n) is 1.97. The predicted octanol–water partition coefficient (Wildman–Crippen LogP) is 2.77. The van der Waals surface area contributed by atoms with Gasteiger partial charge < -0.3 is 10.4 Å². The first-order valence-corrected chi connectivity index (χ1v) is 8.04. The van der Waals surface area contributed by atoms with Crippen LogP contribution in [-0.2, 0) is 6.54 Å². The molecule has 1 aromatic carbocycles. The van der Waals surface area contributed by atoms with Crippen LogP contribution in [-0.4, -0.2) is 29.8 Å². The van der Waals surface area contributed by atoms with Crippen LogP contribution in [0.2, 0.25) is 0 Å². The molecular weight excluding hydrogens is 242 g/mol. The van der Waals surface area contributed by atoms with Crippen LogP contribution in [0.15, 0.2) is 24.3 Å². The molecule has 1 fully saturated rings. The van der Waals surface area contributed by atoms with Crippen LogP contribution in [0.1, 0.15) is 36.3 Å². The highest BCUT2D eigenvalue weighted by molar-refractivity contribution is 7.99. The summed E-state index contributed by atoms with van der Waals surface area (Å²) in [4.78, 5) is 0. The molecule has 0 unspecified atom stereocenters. The van der Waals surface area contributed by atoms with E-state index in [-0.39, 0.29) is 0 Å². The van der Waals surface area contributed by atoms with Gasteiger partial charge in [0.25, 0.3) is 0 Å². The Morgan fingerprint density at radius 1 is 1.17 bits per heavy atom. The van der Waals surface area contributed by atoms with E-state index in [1.54, 1.807) is 0 Å². The normalized spacial score (nSPS) is 14.9. The molecule has 18 heavy (non-hydrogen) atoms. The Bertz CT molecular complexity index is 335. The largest absolute Gasteiger partial charge is 0.396 e. The standard InChI is InChI=1S/C15H23NOS/c17-9-1-10-18-11-8-16-12-13-2-4-14(5-3-13)15-6-7-15/h2-5,15-17H,1,6-12H2. The second-order valence-corrected chi connectivity index (χ2v) is 6.11. The Balaban J connectivity index is 1.55. The summed E-state index contributed by atoms with van der Waals surface area (Å²) in [5.41, 5.74) is 2.89. The molecule has 2 nitrogen and oxygen atoms in total. The molecule has 0 saturated heterocycles. The summed E-state index contributed by atoms with van der Waals surface area (Å²) in [7, 11) is 0. The molecule has 1 aliphatic carbocycles. The van der Waals surface area contributed by atoms with Gasteiger partial charge in [-0.25, -0.2) is 0 Å². The Kier molecular flexibility index (Phi) is 6.05. The lowest BCUT2D eigenvalue weighted by Gasteiger charge is -2.06. The van der Waals surface area contributed by atoms with Crippen LogP contribution in [0.3, 0.4) is 0 Å². The zero-order valence-electron chi connectivity index (χ0n) is 10.9. The molecule has 100 valence electrons. The lowest BCUT2D eigenvalue weighted by Crippen LogP contribution is -2.16. The smallest absolute Gasteiger partial charge is 0.0438 e. The Labute approximate surface area is 114 Å². The second kappa shape index (κ2) is 7.82. The van der Waals surface area contributed by atoms with Crippen LogP contribution in [0.25, 0.3) is 0 Å². The van der Waals surface area contributed by atoms with E-state index in [4.69, 9.17) is 5.11 Å². The van der Waals surface area contributed by atoms with Crippen molar-refractivity contribution < 1.29 is 5.11 Å². The van der Waals surface area contributed by atoms with Crippen molar-refractivity contribution >= 4 is 11.8 Å². The van der Waals surface area contributed by atoms with Crippen LogP contribution < -0.4 is 5.32 Å². The van der Waals surface area contributed by atoms with Gasteiger partial charge in [0, 0.05) is 25.4 Å². The highest BCUT2D eigenvalue weighted by Gasteiger charge is 2.22. The van der Waals surface area contributed by atoms with E-state index in [1.165, 1.54) is 24.0 Å². The molecule has 1 aromatic rings. The first-order valence-electron chi connectivity index (χ1n) is 6.88. The lowest BCUT2D eigenvalue weighted by molar-refractivity contribution is 0.296. The van der Waals surface area contributed by atoms with Crippen molar-refractivity contribution in [3.05, 3.63) is 35.4 Å². The maximum atomic E-state index is 8.65. The third kappa shape index (κ3) is 5.01. The van der Waals surface area contributed by atoms with Gasteiger partial charge in [-0.05, 0) is 42.1 Å². The fraction of sp³-hybridized carbons (Fsp3) is 0.600. The number of benzene rings is 1. The summed E-state index contributed by atoms with van der Waals surface area (Å²) in [5, 5.41) is 12.1. The molecule has 0 radical (unpaired) electrons. The molecule has 0 heterocycles. The molecule has 0 spiro atoms. The van der Waals surface area contributed by atoms with E-state index in [1.807, 2.05) is 11.8 Å². The third-order valence-electron chi connectivity index (χ3n) is 3.23. The Morgan fingerprint density at radius 3 is 2.61 bits per heavy atom. The molecule has 3 heteroatoms. The summed E-state index contributed by atoms with van der Waals surface area (Å²) < 4.78 is 0. The van der Waals surface area contributed by atoms with Crippen LogP contribution in [0, 0.1) is 0 Å². The van der Waals surface area contributed by atoms with Gasteiger partial charge in [0.05, 0.1) is 0 Å². The molecule has 1 aliphatic rings. The van der Waals surface area contributed by atoms with E-state index in [0.717, 1.165) is 36.9 Å². The molecular formula is C15H23NOS. The van der Waals surface area contributed by atoms with Crippen molar-refractivity contribution in [1.29, 1.82) is 0 Å². The van der Waals surface area contributed by atoms with Gasteiger partial charge in [0.2, 0.25) is 0 Å². The van der Waals surface area contributed by atoms with Gasteiger partial charge in [0.15, 0.2) is 0 Å². The summed E-state index contributed by atoms with van der Waals surface area (Å²) in [5.74, 6) is 3.05. The Hall–Kier alpha value is -0.510. The average Bonchev–Trinajstić information content (AvgIpc) is 3.23. The second-order valence-electron chi connectivity index (χ2n) is 4.88. The molecule has 0 bridgehead atoms. The number of aliphatic hydroxyl groups is 1. The number of nitrogens with one attached hydrogen (secondary N) is 1. The van der Waals surface area contributed by atoms with E-state index < -0.39 is 0 Å². The highest BCUT2D eigenvalue weighted by Crippen LogP contribution is 2.39. The molecule has 2 rings (SSSR count). The first-order chi connectivity index (χ1) is 8.90. The fourth-order valence-corrected chi connectivity index (χ4v) is 2.80. The lowest BCUT2D eigenvalue weighted by atomic mass is 10.1. The van der Waals surface area contributed by atoms with E-state index in [0.29, 0.717) is 6.61 Å². The summed E-state index contributed by atoms with van der Waals surface area (Å²) in [6, 6.07) is 9.06. The molecule has 1 saturated carbocycles. The summed E-state index contributed by atoms with van der Waals surface area (Å²) in [6.07, 6.45) is 3.67. The quantitative estimate of drug-likeness (QED) is 0.673. The minimum Gasteiger partial charge on any atom is -0.396 e. The number of thioether (sulfide) groups is 1. The molecule has 2 N–H and O–H groups in total. The SMILES string of the molecule is OCCCSCCNCc1ccc(C2CC2)cc1.